The predicted molar refractivity (Wildman–Crippen MR) is 140 cm³/mol. The second-order valence-corrected chi connectivity index (χ2v) is 11.1. The van der Waals surface area contributed by atoms with Crippen LogP contribution in [0.2, 0.25) is 5.02 Å². The van der Waals surface area contributed by atoms with Gasteiger partial charge in [-0.2, -0.15) is 0 Å². The van der Waals surface area contributed by atoms with Crippen molar-refractivity contribution in [2.75, 3.05) is 17.2 Å². The largest absolute Gasteiger partial charge is 0.444 e. The number of carbonyl (C=O) groups is 3. The van der Waals surface area contributed by atoms with Crippen molar-refractivity contribution in [2.24, 2.45) is 0 Å². The molecular formula is C26H30ClF2N3O4S. The summed E-state index contributed by atoms with van der Waals surface area (Å²) in [5.41, 5.74) is -0.628. The molecule has 0 unspecified atom stereocenters. The summed E-state index contributed by atoms with van der Waals surface area (Å²) in [7, 11) is 0. The predicted octanol–water partition coefficient (Wildman–Crippen LogP) is 5.68. The Morgan fingerprint density at radius 3 is 2.57 bits per heavy atom. The first-order valence-corrected chi connectivity index (χ1v) is 13.2. The van der Waals surface area contributed by atoms with E-state index in [1.165, 1.54) is 29.2 Å². The van der Waals surface area contributed by atoms with E-state index in [0.717, 1.165) is 30.7 Å². The van der Waals surface area contributed by atoms with Crippen molar-refractivity contribution in [1.29, 1.82) is 0 Å². The first kappa shape index (κ1) is 28.7. The maximum Gasteiger partial charge on any atom is 0.408 e. The number of benzene rings is 2. The van der Waals surface area contributed by atoms with E-state index in [9.17, 15) is 23.2 Å². The number of anilines is 1. The van der Waals surface area contributed by atoms with Gasteiger partial charge in [0.2, 0.25) is 0 Å². The lowest BCUT2D eigenvalue weighted by atomic mass is 10.1. The zero-order valence-electron chi connectivity index (χ0n) is 21.1. The number of carbonyl (C=O) groups excluding carboxylic acids is 3. The average Bonchev–Trinajstić information content (AvgIpc) is 2.91. The van der Waals surface area contributed by atoms with Gasteiger partial charge in [-0.15, -0.1) is 11.8 Å². The Labute approximate surface area is 224 Å². The van der Waals surface area contributed by atoms with Crippen molar-refractivity contribution in [3.8, 4) is 0 Å². The minimum Gasteiger partial charge on any atom is -0.444 e. The van der Waals surface area contributed by atoms with Crippen LogP contribution in [0.15, 0.2) is 35.2 Å². The Kier molecular flexibility index (Phi) is 9.41. The lowest BCUT2D eigenvalue weighted by Gasteiger charge is -2.27. The summed E-state index contributed by atoms with van der Waals surface area (Å²) in [6.45, 7) is 7.19. The van der Waals surface area contributed by atoms with E-state index < -0.39 is 41.2 Å². The summed E-state index contributed by atoms with van der Waals surface area (Å²) in [6, 6.07) is 5.49. The van der Waals surface area contributed by atoms with Crippen LogP contribution in [0, 0.1) is 11.6 Å². The Morgan fingerprint density at radius 1 is 1.19 bits per heavy atom. The van der Waals surface area contributed by atoms with Crippen LogP contribution in [0.25, 0.3) is 0 Å². The molecule has 7 nitrogen and oxygen atoms in total. The molecule has 2 aromatic carbocycles. The number of ether oxygens (including phenoxy) is 1. The highest BCUT2D eigenvalue weighted by Gasteiger charge is 2.35. The van der Waals surface area contributed by atoms with Crippen LogP contribution in [0.1, 0.15) is 56.5 Å². The van der Waals surface area contributed by atoms with Gasteiger partial charge in [0.1, 0.15) is 23.3 Å². The topological polar surface area (TPSA) is 87.7 Å². The van der Waals surface area contributed by atoms with E-state index in [1.807, 2.05) is 6.92 Å². The van der Waals surface area contributed by atoms with Gasteiger partial charge in [-0.05, 0) is 51.5 Å². The SMILES string of the molecule is CCCCNC(=O)c1cc2c(cc1F)SC[C@H](NC(=O)OC(C)(C)C)C(=O)N2Cc1ccc(Cl)cc1F. The number of hydrogen-bond acceptors (Lipinski definition) is 5. The minimum atomic E-state index is -1.05. The molecule has 200 valence electrons. The third-order valence-electron chi connectivity index (χ3n) is 5.40. The number of alkyl carbamates (subject to hydrolysis) is 1. The molecule has 0 aliphatic carbocycles. The molecule has 0 aromatic heterocycles. The summed E-state index contributed by atoms with van der Waals surface area (Å²) in [4.78, 5) is 40.4. The van der Waals surface area contributed by atoms with Gasteiger partial charge in [0.25, 0.3) is 11.8 Å². The Morgan fingerprint density at radius 2 is 1.92 bits per heavy atom. The molecule has 2 aromatic rings. The fourth-order valence-electron chi connectivity index (χ4n) is 3.61. The quantitative estimate of drug-likeness (QED) is 0.431. The highest BCUT2D eigenvalue weighted by molar-refractivity contribution is 7.99. The number of nitrogens with zero attached hydrogens (tertiary/aromatic N) is 1. The van der Waals surface area contributed by atoms with Gasteiger partial charge in [-0.3, -0.25) is 9.59 Å². The van der Waals surface area contributed by atoms with E-state index in [4.69, 9.17) is 16.3 Å². The highest BCUT2D eigenvalue weighted by atomic mass is 35.5. The maximum atomic E-state index is 15.0. The van der Waals surface area contributed by atoms with Crippen LogP contribution in [0.3, 0.4) is 0 Å². The molecule has 1 heterocycles. The number of halogens is 3. The molecule has 1 atom stereocenters. The van der Waals surface area contributed by atoms with Crippen LogP contribution in [0.4, 0.5) is 19.3 Å². The molecule has 37 heavy (non-hydrogen) atoms. The van der Waals surface area contributed by atoms with Crippen molar-refractivity contribution < 1.29 is 27.9 Å². The van der Waals surface area contributed by atoms with Crippen molar-refractivity contribution in [3.05, 3.63) is 58.1 Å². The van der Waals surface area contributed by atoms with Crippen molar-refractivity contribution in [1.82, 2.24) is 10.6 Å². The van der Waals surface area contributed by atoms with E-state index >= 15 is 0 Å². The monoisotopic (exact) mass is 553 g/mol. The number of rotatable bonds is 7. The standard InChI is InChI=1S/C26H30ClF2N3O4S/c1-5-6-9-30-23(33)17-11-21-22(12-19(17)29)37-14-20(31-25(35)36-26(2,3)4)24(34)32(21)13-15-7-8-16(27)10-18(15)28/h7-8,10-12,20H,5-6,9,13-14H2,1-4H3,(H,30,33)(H,31,35)/t20-/m0/s1. The minimum absolute atomic E-state index is 0.0756. The maximum absolute atomic E-state index is 15.0. The van der Waals surface area contributed by atoms with Gasteiger partial charge in [0.05, 0.1) is 17.8 Å². The third-order valence-corrected chi connectivity index (χ3v) is 6.78. The Hall–Kier alpha value is -2.85. The number of amides is 3. The van der Waals surface area contributed by atoms with Crippen molar-refractivity contribution >= 4 is 47.0 Å². The third kappa shape index (κ3) is 7.58. The second kappa shape index (κ2) is 12.1. The number of thioether (sulfide) groups is 1. The number of fused-ring (bicyclic) bond motifs is 1. The van der Waals surface area contributed by atoms with Gasteiger partial charge < -0.3 is 20.3 Å². The van der Waals surface area contributed by atoms with E-state index in [-0.39, 0.29) is 34.1 Å². The van der Waals surface area contributed by atoms with Gasteiger partial charge in [0.15, 0.2) is 0 Å². The van der Waals surface area contributed by atoms with Crippen LogP contribution in [-0.2, 0) is 16.1 Å². The van der Waals surface area contributed by atoms with Gasteiger partial charge >= 0.3 is 6.09 Å². The number of hydrogen-bond donors (Lipinski definition) is 2. The number of nitrogens with one attached hydrogen (secondary N) is 2. The summed E-state index contributed by atoms with van der Waals surface area (Å²) in [5.74, 6) is -2.47. The van der Waals surface area contributed by atoms with Gasteiger partial charge in [0, 0.05) is 27.8 Å². The van der Waals surface area contributed by atoms with E-state index in [0.29, 0.717) is 11.4 Å². The van der Waals surface area contributed by atoms with Gasteiger partial charge in [-0.1, -0.05) is 31.0 Å². The molecule has 0 saturated carbocycles. The molecule has 1 aliphatic rings. The fourth-order valence-corrected chi connectivity index (χ4v) is 4.84. The lowest BCUT2D eigenvalue weighted by molar-refractivity contribution is -0.120. The summed E-state index contributed by atoms with van der Waals surface area (Å²) >= 11 is 7.02. The molecule has 2 N–H and O–H groups in total. The van der Waals surface area contributed by atoms with E-state index in [2.05, 4.69) is 10.6 Å². The lowest BCUT2D eigenvalue weighted by Crippen LogP contribution is -2.50. The second-order valence-electron chi connectivity index (χ2n) is 9.58. The van der Waals surface area contributed by atoms with Crippen molar-refractivity contribution in [2.45, 2.75) is 63.6 Å². The Balaban J connectivity index is 2.01. The van der Waals surface area contributed by atoms with Crippen LogP contribution in [0.5, 0.6) is 0 Å². The summed E-state index contributed by atoms with van der Waals surface area (Å²) in [5, 5.41) is 5.43. The van der Waals surface area contributed by atoms with Crippen molar-refractivity contribution in [3.63, 3.8) is 0 Å². The molecule has 1 aliphatic heterocycles. The molecule has 0 spiro atoms. The van der Waals surface area contributed by atoms with Crippen LogP contribution in [-0.4, -0.2) is 41.8 Å². The smallest absolute Gasteiger partial charge is 0.408 e. The molecule has 11 heteroatoms. The Bertz CT molecular complexity index is 1190. The average molecular weight is 554 g/mol. The molecule has 0 saturated heterocycles. The zero-order chi connectivity index (χ0) is 27.3. The first-order valence-electron chi connectivity index (χ1n) is 11.9. The first-order chi connectivity index (χ1) is 17.4. The molecule has 0 fully saturated rings. The normalized spacial score (nSPS) is 15.6. The fraction of sp³-hybridized carbons (Fsp3) is 0.423. The summed E-state index contributed by atoms with van der Waals surface area (Å²) < 4.78 is 35.0. The molecule has 3 amide bonds. The van der Waals surface area contributed by atoms with E-state index in [1.54, 1.807) is 20.8 Å². The zero-order valence-corrected chi connectivity index (χ0v) is 22.7. The van der Waals surface area contributed by atoms with Crippen LogP contribution < -0.4 is 15.5 Å². The summed E-state index contributed by atoms with van der Waals surface area (Å²) in [6.07, 6.45) is 0.786. The number of unbranched alkanes of at least 4 members (excludes halogenated alkanes) is 1. The van der Waals surface area contributed by atoms with Crippen LogP contribution >= 0.6 is 23.4 Å². The molecule has 0 radical (unpaired) electrons. The molecule has 3 rings (SSSR count). The highest BCUT2D eigenvalue weighted by Crippen LogP contribution is 2.37. The molecule has 0 bridgehead atoms. The molecular weight excluding hydrogens is 524 g/mol. The van der Waals surface area contributed by atoms with Gasteiger partial charge in [-0.25, -0.2) is 13.6 Å².